The third kappa shape index (κ3) is 12.2. The number of hydrogen-bond acceptors (Lipinski definition) is 4. The summed E-state index contributed by atoms with van der Waals surface area (Å²) in [4.78, 5) is 9.00. The van der Waals surface area contributed by atoms with Crippen LogP contribution < -0.4 is 9.47 Å². The van der Waals surface area contributed by atoms with Crippen LogP contribution in [0.15, 0.2) is 24.3 Å². The van der Waals surface area contributed by atoms with Gasteiger partial charge in [0.1, 0.15) is 0 Å². The molecule has 0 radical (unpaired) electrons. The highest BCUT2D eigenvalue weighted by atomic mass is 16.5. The minimum absolute atomic E-state index is 0.769. The average molecular weight is 244 g/mol. The second-order valence-corrected chi connectivity index (χ2v) is 2.78. The van der Waals surface area contributed by atoms with E-state index in [-0.39, 0.29) is 0 Å². The summed E-state index contributed by atoms with van der Waals surface area (Å²) >= 11 is 0. The third-order valence-electron chi connectivity index (χ3n) is 1.29. The molecule has 98 valence electrons. The number of para-hydroxylation sites is 2. The van der Waals surface area contributed by atoms with E-state index in [1.807, 2.05) is 24.3 Å². The molecule has 0 saturated carbocycles. The highest BCUT2D eigenvalue weighted by Gasteiger charge is 1.97. The number of carbonyl (C=O) groups is 1. The van der Waals surface area contributed by atoms with Crippen LogP contribution in [0.1, 0.15) is 6.92 Å². The summed E-state index contributed by atoms with van der Waals surface area (Å²) in [7, 11) is 6.50. The maximum atomic E-state index is 9.00. The Balaban J connectivity index is 0. The van der Waals surface area contributed by atoms with Crippen molar-refractivity contribution in [3.63, 3.8) is 0 Å². The molecule has 17 heavy (non-hydrogen) atoms. The van der Waals surface area contributed by atoms with Crippen molar-refractivity contribution in [3.05, 3.63) is 24.3 Å². The number of aliphatic carboxylic acids is 1. The topological polar surface area (TPSA) is 65.0 Å². The number of rotatable bonds is 2. The van der Waals surface area contributed by atoms with Gasteiger partial charge in [-0.1, -0.05) is 12.1 Å². The van der Waals surface area contributed by atoms with Crippen LogP contribution in [0.25, 0.3) is 0 Å². The van der Waals surface area contributed by atoms with Crippen molar-refractivity contribution in [1.29, 1.82) is 0 Å². The molecule has 0 fully saturated rings. The lowest BCUT2D eigenvalue weighted by molar-refractivity contribution is -0.134. The molecule has 0 aliphatic heterocycles. The summed E-state index contributed by atoms with van der Waals surface area (Å²) in [5.41, 5.74) is 0. The number of ether oxygens (including phenoxy) is 3. The molecule has 1 rings (SSSR count). The van der Waals surface area contributed by atoms with Gasteiger partial charge in [0, 0.05) is 21.1 Å². The second-order valence-electron chi connectivity index (χ2n) is 2.78. The molecule has 0 aromatic heterocycles. The van der Waals surface area contributed by atoms with Crippen molar-refractivity contribution in [3.8, 4) is 11.5 Å². The zero-order valence-corrected chi connectivity index (χ0v) is 10.9. The van der Waals surface area contributed by atoms with Crippen molar-refractivity contribution in [2.45, 2.75) is 6.92 Å². The molecule has 1 N–H and O–H groups in total. The largest absolute Gasteiger partial charge is 0.493 e. The van der Waals surface area contributed by atoms with Gasteiger partial charge in [-0.3, -0.25) is 4.79 Å². The first-order chi connectivity index (χ1) is 8.03. The van der Waals surface area contributed by atoms with E-state index in [9.17, 15) is 0 Å². The van der Waals surface area contributed by atoms with E-state index in [1.54, 1.807) is 28.4 Å². The van der Waals surface area contributed by atoms with Crippen LogP contribution in [0.4, 0.5) is 0 Å². The van der Waals surface area contributed by atoms with Crippen molar-refractivity contribution >= 4 is 5.97 Å². The molecule has 5 heteroatoms. The van der Waals surface area contributed by atoms with Crippen LogP contribution in [-0.2, 0) is 9.53 Å². The predicted octanol–water partition coefficient (Wildman–Crippen LogP) is 2.06. The molecule has 0 bridgehead atoms. The number of hydrogen-bond donors (Lipinski definition) is 1. The number of benzene rings is 1. The van der Waals surface area contributed by atoms with E-state index in [1.165, 1.54) is 0 Å². The maximum absolute atomic E-state index is 9.00. The Morgan fingerprint density at radius 1 is 1.00 bits per heavy atom. The van der Waals surface area contributed by atoms with Crippen molar-refractivity contribution < 1.29 is 24.1 Å². The Bertz CT molecular complexity index is 272. The van der Waals surface area contributed by atoms with Gasteiger partial charge in [-0.15, -0.1) is 0 Å². The summed E-state index contributed by atoms with van der Waals surface area (Å²) < 4.78 is 14.3. The van der Waals surface area contributed by atoms with Gasteiger partial charge in [0.05, 0.1) is 14.2 Å². The molecule has 0 heterocycles. The van der Waals surface area contributed by atoms with E-state index >= 15 is 0 Å². The molecule has 1 aromatic rings. The SMILES string of the molecule is CC(=O)O.COC.COc1ccccc1OC. The minimum Gasteiger partial charge on any atom is -0.493 e. The van der Waals surface area contributed by atoms with Gasteiger partial charge in [-0.25, -0.2) is 0 Å². The Kier molecular flexibility index (Phi) is 12.8. The van der Waals surface area contributed by atoms with Gasteiger partial charge < -0.3 is 19.3 Å². The molecule has 5 nitrogen and oxygen atoms in total. The van der Waals surface area contributed by atoms with E-state index in [2.05, 4.69) is 4.74 Å². The van der Waals surface area contributed by atoms with Crippen LogP contribution in [-0.4, -0.2) is 39.5 Å². The molecule has 0 aliphatic carbocycles. The van der Waals surface area contributed by atoms with Crippen molar-refractivity contribution in [2.24, 2.45) is 0 Å². The summed E-state index contributed by atoms with van der Waals surface area (Å²) in [6.45, 7) is 1.08. The first-order valence-corrected chi connectivity index (χ1v) is 4.80. The second kappa shape index (κ2) is 12.3. The van der Waals surface area contributed by atoms with Crippen LogP contribution in [0.5, 0.6) is 11.5 Å². The lowest BCUT2D eigenvalue weighted by Gasteiger charge is -2.04. The summed E-state index contributed by atoms with van der Waals surface area (Å²) in [5.74, 6) is 0.704. The fourth-order valence-corrected chi connectivity index (χ4v) is 0.787. The zero-order valence-electron chi connectivity index (χ0n) is 10.9. The molecule has 1 aromatic carbocycles. The summed E-state index contributed by atoms with van der Waals surface area (Å²) in [6.07, 6.45) is 0. The lowest BCUT2D eigenvalue weighted by Crippen LogP contribution is -1.88. The van der Waals surface area contributed by atoms with Crippen molar-refractivity contribution in [1.82, 2.24) is 0 Å². The Morgan fingerprint density at radius 3 is 1.41 bits per heavy atom. The highest BCUT2D eigenvalue weighted by molar-refractivity contribution is 5.62. The zero-order chi connectivity index (χ0) is 13.7. The summed E-state index contributed by atoms with van der Waals surface area (Å²) in [5, 5.41) is 7.42. The van der Waals surface area contributed by atoms with E-state index < -0.39 is 5.97 Å². The predicted molar refractivity (Wildman–Crippen MR) is 65.8 cm³/mol. The standard InChI is InChI=1S/C8H10O2.C2H4O2.C2H6O/c1-9-7-5-3-4-6-8(7)10-2;1-2(3)4;1-3-2/h3-6H,1-2H3;1H3,(H,3,4);1-2H3. The molecule has 0 saturated heterocycles. The van der Waals surface area contributed by atoms with E-state index in [4.69, 9.17) is 19.4 Å². The molecule has 0 spiro atoms. The molecular formula is C12H20O5. The number of carboxylic acids is 1. The Morgan fingerprint density at radius 2 is 1.24 bits per heavy atom. The number of methoxy groups -OCH3 is 3. The molecule has 0 unspecified atom stereocenters. The van der Waals surface area contributed by atoms with Crippen LogP contribution in [0.2, 0.25) is 0 Å². The molecule has 0 amide bonds. The van der Waals surface area contributed by atoms with Crippen molar-refractivity contribution in [2.75, 3.05) is 28.4 Å². The van der Waals surface area contributed by atoms with E-state index in [0.29, 0.717) is 0 Å². The lowest BCUT2D eigenvalue weighted by atomic mass is 10.3. The fourth-order valence-electron chi connectivity index (χ4n) is 0.787. The first kappa shape index (κ1) is 17.6. The minimum atomic E-state index is -0.833. The van der Waals surface area contributed by atoms with Gasteiger partial charge in [-0.2, -0.15) is 0 Å². The Labute approximate surface area is 102 Å². The third-order valence-corrected chi connectivity index (χ3v) is 1.29. The van der Waals surface area contributed by atoms with Gasteiger partial charge in [0.2, 0.25) is 0 Å². The van der Waals surface area contributed by atoms with Crippen LogP contribution >= 0.6 is 0 Å². The van der Waals surface area contributed by atoms with Crippen LogP contribution in [0.3, 0.4) is 0 Å². The quantitative estimate of drug-likeness (QED) is 0.862. The van der Waals surface area contributed by atoms with Gasteiger partial charge in [0.25, 0.3) is 5.97 Å². The monoisotopic (exact) mass is 244 g/mol. The fraction of sp³-hybridized carbons (Fsp3) is 0.417. The Hall–Kier alpha value is -1.75. The smallest absolute Gasteiger partial charge is 0.300 e. The maximum Gasteiger partial charge on any atom is 0.300 e. The van der Waals surface area contributed by atoms with Gasteiger partial charge >= 0.3 is 0 Å². The van der Waals surface area contributed by atoms with Crippen LogP contribution in [0, 0.1) is 0 Å². The first-order valence-electron chi connectivity index (χ1n) is 4.80. The summed E-state index contributed by atoms with van der Waals surface area (Å²) in [6, 6.07) is 7.53. The molecule has 0 atom stereocenters. The van der Waals surface area contributed by atoms with Gasteiger partial charge in [0.15, 0.2) is 11.5 Å². The van der Waals surface area contributed by atoms with E-state index in [0.717, 1.165) is 18.4 Å². The highest BCUT2D eigenvalue weighted by Crippen LogP contribution is 2.24. The normalized spacial score (nSPS) is 7.82. The molecule has 0 aliphatic rings. The average Bonchev–Trinajstić information content (AvgIpc) is 2.29. The number of carboxylic acid groups (broad SMARTS) is 1. The molecular weight excluding hydrogens is 224 g/mol. The van der Waals surface area contributed by atoms with Gasteiger partial charge in [-0.05, 0) is 12.1 Å².